The SMILES string of the molecule is CC1CC=CN2C(=C1c1ccccc1)c1c(C(=O)Nc3cccnc3N3CCC(C(=O)N(C)C)CC3)[nH]c3cc(Cl)cc(c13)C2c1ccc(Cl)cc1. The van der Waals surface area contributed by atoms with Crippen LogP contribution in [0.1, 0.15) is 65.0 Å². The third-order valence-corrected chi connectivity index (χ3v) is 11.1. The molecule has 0 aliphatic carbocycles. The lowest BCUT2D eigenvalue weighted by Crippen LogP contribution is -2.40. The number of nitrogens with one attached hydrogen (secondary N) is 2. The summed E-state index contributed by atoms with van der Waals surface area (Å²) in [6.45, 7) is 3.59. The van der Waals surface area contributed by atoms with Crippen LogP contribution in [0.15, 0.2) is 97.3 Å². The van der Waals surface area contributed by atoms with Crippen LogP contribution in [0.2, 0.25) is 10.0 Å². The average molecular weight is 732 g/mol. The number of carbonyl (C=O) groups is 2. The molecule has 5 aromatic rings. The number of anilines is 2. The summed E-state index contributed by atoms with van der Waals surface area (Å²) in [5, 5.41) is 5.45. The van der Waals surface area contributed by atoms with E-state index in [-0.39, 0.29) is 29.7 Å². The minimum Gasteiger partial charge on any atom is -0.355 e. The normalized spacial score (nSPS) is 18.7. The van der Waals surface area contributed by atoms with Crippen molar-refractivity contribution in [3.05, 3.63) is 135 Å². The van der Waals surface area contributed by atoms with Gasteiger partial charge >= 0.3 is 0 Å². The van der Waals surface area contributed by atoms with E-state index in [1.807, 2.05) is 42.5 Å². The second kappa shape index (κ2) is 13.8. The first-order valence-corrected chi connectivity index (χ1v) is 18.5. The van der Waals surface area contributed by atoms with Crippen molar-refractivity contribution in [3.63, 3.8) is 0 Å². The zero-order valence-electron chi connectivity index (χ0n) is 29.4. The highest BCUT2D eigenvalue weighted by atomic mass is 35.5. The lowest BCUT2D eigenvalue weighted by atomic mass is 9.82. The smallest absolute Gasteiger partial charge is 0.272 e. The standard InChI is InChI=1S/C42H40Cl2N6O2/c1-25-9-8-20-50-38(27-13-15-29(43)16-14-27)31-23-30(44)24-33-35(31)36(39(50)34(25)26-10-5-4-6-11-26)37(46-33)41(51)47-32-12-7-19-45-40(32)49-21-17-28(18-22-49)42(52)48(2)3/h4-8,10-16,19-20,23-25,28,38,46H,9,17-18,21-22H2,1-3H3,(H,47,51). The van der Waals surface area contributed by atoms with Crippen molar-refractivity contribution < 1.29 is 9.59 Å². The summed E-state index contributed by atoms with van der Waals surface area (Å²) in [4.78, 5) is 41.8. The topological polar surface area (TPSA) is 84.6 Å². The number of carbonyl (C=O) groups excluding carboxylic acids is 2. The molecule has 0 saturated carbocycles. The number of rotatable bonds is 6. The van der Waals surface area contributed by atoms with Gasteiger partial charge < -0.3 is 25.0 Å². The van der Waals surface area contributed by atoms with E-state index in [1.165, 1.54) is 0 Å². The second-order valence-corrected chi connectivity index (χ2v) is 15.0. The second-order valence-electron chi connectivity index (χ2n) is 14.1. The van der Waals surface area contributed by atoms with Gasteiger partial charge in [-0.3, -0.25) is 9.59 Å². The average Bonchev–Trinajstić information content (AvgIpc) is 3.44. The highest BCUT2D eigenvalue weighted by Gasteiger charge is 2.40. The number of fused-ring (bicyclic) bond motifs is 2. The molecule has 2 N–H and O–H groups in total. The van der Waals surface area contributed by atoms with Crippen molar-refractivity contribution in [2.45, 2.75) is 32.2 Å². The molecule has 8 nitrogen and oxygen atoms in total. The number of hydrogen-bond donors (Lipinski definition) is 2. The Morgan fingerprint density at radius 2 is 1.69 bits per heavy atom. The van der Waals surface area contributed by atoms with Crippen LogP contribution in [-0.2, 0) is 4.79 Å². The first kappa shape index (κ1) is 34.1. The third kappa shape index (κ3) is 6.03. The number of piperidine rings is 1. The van der Waals surface area contributed by atoms with Crippen molar-refractivity contribution >= 4 is 68.7 Å². The van der Waals surface area contributed by atoms with Crippen molar-refractivity contribution in [3.8, 4) is 0 Å². The molecule has 1 saturated heterocycles. The van der Waals surface area contributed by atoms with Crippen molar-refractivity contribution in [2.24, 2.45) is 11.8 Å². The molecule has 2 amide bonds. The number of aromatic amines is 1. The van der Waals surface area contributed by atoms with Crippen LogP contribution >= 0.6 is 23.2 Å². The molecule has 52 heavy (non-hydrogen) atoms. The van der Waals surface area contributed by atoms with Crippen molar-refractivity contribution in [1.82, 2.24) is 19.8 Å². The predicted molar refractivity (Wildman–Crippen MR) is 210 cm³/mol. The van der Waals surface area contributed by atoms with E-state index < -0.39 is 0 Å². The Morgan fingerprint density at radius 3 is 2.42 bits per heavy atom. The van der Waals surface area contributed by atoms with Crippen LogP contribution in [0.3, 0.4) is 0 Å². The number of aromatic nitrogens is 2. The van der Waals surface area contributed by atoms with Gasteiger partial charge in [0, 0.05) is 72.0 Å². The lowest BCUT2D eigenvalue weighted by molar-refractivity contribution is -0.133. The van der Waals surface area contributed by atoms with E-state index in [9.17, 15) is 9.59 Å². The summed E-state index contributed by atoms with van der Waals surface area (Å²) < 4.78 is 0. The maximum absolute atomic E-state index is 14.8. The highest BCUT2D eigenvalue weighted by molar-refractivity contribution is 6.32. The molecule has 0 spiro atoms. The number of hydrogen-bond acceptors (Lipinski definition) is 5. The maximum Gasteiger partial charge on any atom is 0.272 e. The number of allylic oxidation sites excluding steroid dienone is 2. The van der Waals surface area contributed by atoms with E-state index in [4.69, 9.17) is 28.2 Å². The largest absolute Gasteiger partial charge is 0.355 e. The van der Waals surface area contributed by atoms with E-state index in [1.54, 1.807) is 25.2 Å². The highest BCUT2D eigenvalue weighted by Crippen LogP contribution is 2.53. The monoisotopic (exact) mass is 730 g/mol. The van der Waals surface area contributed by atoms with Gasteiger partial charge in [-0.1, -0.05) is 78.7 Å². The Bertz CT molecular complexity index is 2240. The van der Waals surface area contributed by atoms with Crippen LogP contribution in [0.5, 0.6) is 0 Å². The van der Waals surface area contributed by atoms with Gasteiger partial charge in [0.2, 0.25) is 5.91 Å². The Morgan fingerprint density at radius 1 is 0.942 bits per heavy atom. The van der Waals surface area contributed by atoms with E-state index in [0.717, 1.165) is 63.7 Å². The van der Waals surface area contributed by atoms with Crippen LogP contribution in [0, 0.1) is 11.8 Å². The van der Waals surface area contributed by atoms with Gasteiger partial charge in [0.05, 0.1) is 17.4 Å². The zero-order chi connectivity index (χ0) is 36.1. The summed E-state index contributed by atoms with van der Waals surface area (Å²) in [6.07, 6.45) is 8.41. The van der Waals surface area contributed by atoms with Gasteiger partial charge in [-0.15, -0.1) is 0 Å². The molecule has 2 aromatic heterocycles. The summed E-state index contributed by atoms with van der Waals surface area (Å²) in [5.74, 6) is 0.717. The maximum atomic E-state index is 14.8. The van der Waals surface area contributed by atoms with E-state index in [0.29, 0.717) is 40.3 Å². The minimum absolute atomic E-state index is 0.0174. The van der Waals surface area contributed by atoms with Gasteiger partial charge in [-0.2, -0.15) is 0 Å². The Balaban J connectivity index is 1.28. The molecule has 3 aliphatic rings. The molecule has 8 rings (SSSR count). The molecule has 2 atom stereocenters. The number of pyridine rings is 1. The third-order valence-electron chi connectivity index (χ3n) is 10.6. The van der Waals surface area contributed by atoms with Crippen LogP contribution in [0.25, 0.3) is 22.2 Å². The van der Waals surface area contributed by atoms with Gasteiger partial charge in [0.25, 0.3) is 5.91 Å². The minimum atomic E-state index is -0.272. The number of nitrogens with zero attached hydrogens (tertiary/aromatic N) is 4. The van der Waals surface area contributed by atoms with Gasteiger partial charge in [0.1, 0.15) is 5.69 Å². The molecule has 264 valence electrons. The van der Waals surface area contributed by atoms with Crippen molar-refractivity contribution in [2.75, 3.05) is 37.4 Å². The Labute approximate surface area is 313 Å². The summed E-state index contributed by atoms with van der Waals surface area (Å²) in [7, 11) is 3.61. The van der Waals surface area contributed by atoms with Crippen LogP contribution < -0.4 is 10.2 Å². The molecule has 5 heterocycles. The quantitative estimate of drug-likeness (QED) is 0.182. The number of H-pyrrole nitrogens is 1. The number of halogens is 2. The van der Waals surface area contributed by atoms with E-state index >= 15 is 0 Å². The molecule has 3 aliphatic heterocycles. The summed E-state index contributed by atoms with van der Waals surface area (Å²) in [5.41, 5.74) is 8.03. The Kier molecular flexibility index (Phi) is 9.05. The van der Waals surface area contributed by atoms with Crippen LogP contribution in [0.4, 0.5) is 11.5 Å². The molecular weight excluding hydrogens is 691 g/mol. The van der Waals surface area contributed by atoms with Gasteiger partial charge in [0.15, 0.2) is 5.82 Å². The summed E-state index contributed by atoms with van der Waals surface area (Å²) in [6, 6.07) is 25.9. The lowest BCUT2D eigenvalue weighted by Gasteiger charge is -2.39. The fourth-order valence-electron chi connectivity index (χ4n) is 8.18. The molecule has 1 fully saturated rings. The zero-order valence-corrected chi connectivity index (χ0v) is 30.9. The summed E-state index contributed by atoms with van der Waals surface area (Å²) >= 11 is 13.2. The molecule has 0 bridgehead atoms. The Hall–Kier alpha value is -5.05. The molecule has 10 heteroatoms. The fraction of sp³-hybridized carbons (Fsp3) is 0.262. The molecule has 0 radical (unpaired) electrons. The first-order valence-electron chi connectivity index (χ1n) is 17.8. The molecular formula is C42H40Cl2N6O2. The molecule has 2 unspecified atom stereocenters. The van der Waals surface area contributed by atoms with E-state index in [2.05, 4.69) is 75.7 Å². The van der Waals surface area contributed by atoms with Gasteiger partial charge in [-0.05, 0) is 83.8 Å². The van der Waals surface area contributed by atoms with Crippen LogP contribution in [-0.4, -0.2) is 58.8 Å². The number of amides is 2. The predicted octanol–water partition coefficient (Wildman–Crippen LogP) is 9.25. The van der Waals surface area contributed by atoms with Crippen molar-refractivity contribution in [1.29, 1.82) is 0 Å². The first-order chi connectivity index (χ1) is 25.2. The van der Waals surface area contributed by atoms with Gasteiger partial charge in [-0.25, -0.2) is 4.98 Å². The fourth-order valence-corrected chi connectivity index (χ4v) is 8.53. The molecule has 3 aromatic carbocycles. The number of benzene rings is 3.